The Kier molecular flexibility index (Phi) is 4.43. The van der Waals surface area contributed by atoms with Crippen molar-refractivity contribution >= 4 is 5.97 Å². The van der Waals surface area contributed by atoms with Gasteiger partial charge in [-0.3, -0.25) is 0 Å². The second-order valence-corrected chi connectivity index (χ2v) is 5.22. The van der Waals surface area contributed by atoms with Gasteiger partial charge in [0.25, 0.3) is 0 Å². The topological polar surface area (TPSA) is 61.5 Å². The van der Waals surface area contributed by atoms with E-state index in [0.717, 1.165) is 18.6 Å². The van der Waals surface area contributed by atoms with Gasteiger partial charge in [-0.2, -0.15) is 0 Å². The fourth-order valence-electron chi connectivity index (χ4n) is 2.57. The van der Waals surface area contributed by atoms with Gasteiger partial charge >= 0.3 is 5.97 Å². The van der Waals surface area contributed by atoms with Crippen molar-refractivity contribution in [3.05, 3.63) is 29.8 Å². The molecule has 1 saturated carbocycles. The van der Waals surface area contributed by atoms with E-state index in [1.807, 2.05) is 0 Å². The summed E-state index contributed by atoms with van der Waals surface area (Å²) < 4.78 is 10.5. The lowest BCUT2D eigenvalue weighted by Crippen LogP contribution is -2.33. The van der Waals surface area contributed by atoms with Crippen LogP contribution in [-0.2, 0) is 4.74 Å². The van der Waals surface area contributed by atoms with Crippen molar-refractivity contribution in [3.63, 3.8) is 0 Å². The molecule has 2 N–H and O–H groups in total. The maximum atomic E-state index is 11.3. The molecule has 19 heavy (non-hydrogen) atoms. The zero-order chi connectivity index (χ0) is 13.7. The van der Waals surface area contributed by atoms with Crippen LogP contribution in [0.15, 0.2) is 24.3 Å². The lowest BCUT2D eigenvalue weighted by atomic mass is 9.87. The third kappa shape index (κ3) is 3.26. The molecule has 4 heteroatoms. The van der Waals surface area contributed by atoms with Crippen molar-refractivity contribution in [3.8, 4) is 5.75 Å². The Labute approximate surface area is 113 Å². The average molecular weight is 263 g/mol. The summed E-state index contributed by atoms with van der Waals surface area (Å²) in [6.45, 7) is 1.33. The molecule has 0 atom stereocenters. The minimum absolute atomic E-state index is 0.140. The minimum atomic E-state index is -0.333. The molecule has 104 valence electrons. The van der Waals surface area contributed by atoms with Crippen molar-refractivity contribution < 1.29 is 14.3 Å². The Morgan fingerprint density at radius 2 is 1.89 bits per heavy atom. The average Bonchev–Trinajstić information content (AvgIpc) is 2.94. The van der Waals surface area contributed by atoms with Crippen LogP contribution in [0.25, 0.3) is 0 Å². The maximum Gasteiger partial charge on any atom is 0.337 e. The van der Waals surface area contributed by atoms with Crippen LogP contribution in [0.4, 0.5) is 0 Å². The van der Waals surface area contributed by atoms with Gasteiger partial charge in [-0.1, -0.05) is 12.8 Å². The highest BCUT2D eigenvalue weighted by molar-refractivity contribution is 5.89. The summed E-state index contributed by atoms with van der Waals surface area (Å²) in [6.07, 6.45) is 4.76. The molecular weight excluding hydrogens is 242 g/mol. The first-order valence-corrected chi connectivity index (χ1v) is 6.70. The van der Waals surface area contributed by atoms with Gasteiger partial charge in [0.2, 0.25) is 0 Å². The molecule has 2 rings (SSSR count). The summed E-state index contributed by atoms with van der Waals surface area (Å²) in [7, 11) is 1.37. The molecule has 1 aromatic rings. The summed E-state index contributed by atoms with van der Waals surface area (Å²) in [5.74, 6) is 0.438. The third-order valence-corrected chi connectivity index (χ3v) is 3.92. The molecule has 0 bridgehead atoms. The molecule has 1 aromatic carbocycles. The highest BCUT2D eigenvalue weighted by Gasteiger charge is 2.33. The number of hydrogen-bond acceptors (Lipinski definition) is 4. The number of rotatable bonds is 5. The molecule has 1 fully saturated rings. The van der Waals surface area contributed by atoms with Gasteiger partial charge in [-0.25, -0.2) is 4.79 Å². The van der Waals surface area contributed by atoms with Crippen LogP contribution in [0.2, 0.25) is 0 Å². The van der Waals surface area contributed by atoms with Crippen LogP contribution in [0.3, 0.4) is 0 Å². The minimum Gasteiger partial charge on any atom is -0.493 e. The highest BCUT2D eigenvalue weighted by Crippen LogP contribution is 2.37. The Morgan fingerprint density at radius 1 is 1.26 bits per heavy atom. The number of ether oxygens (including phenoxy) is 2. The molecular formula is C15H21NO3. The van der Waals surface area contributed by atoms with E-state index in [-0.39, 0.29) is 11.4 Å². The smallest absolute Gasteiger partial charge is 0.337 e. The van der Waals surface area contributed by atoms with Crippen molar-refractivity contribution in [1.82, 2.24) is 0 Å². The molecule has 0 unspecified atom stereocenters. The summed E-state index contributed by atoms with van der Waals surface area (Å²) >= 11 is 0. The number of nitrogens with two attached hydrogens (primary N) is 1. The van der Waals surface area contributed by atoms with Crippen molar-refractivity contribution in [2.75, 3.05) is 20.3 Å². The van der Waals surface area contributed by atoms with Gasteiger partial charge in [-0.15, -0.1) is 0 Å². The van der Waals surface area contributed by atoms with E-state index in [1.54, 1.807) is 24.3 Å². The van der Waals surface area contributed by atoms with Crippen LogP contribution >= 0.6 is 0 Å². The normalized spacial score (nSPS) is 17.2. The van der Waals surface area contributed by atoms with Crippen LogP contribution < -0.4 is 10.5 Å². The fourth-order valence-corrected chi connectivity index (χ4v) is 2.57. The van der Waals surface area contributed by atoms with E-state index in [4.69, 9.17) is 10.5 Å². The SMILES string of the molecule is COC(=O)c1ccc(OCC2(CN)CCCC2)cc1. The fraction of sp³-hybridized carbons (Fsp3) is 0.533. The van der Waals surface area contributed by atoms with E-state index >= 15 is 0 Å². The van der Waals surface area contributed by atoms with E-state index in [2.05, 4.69) is 4.74 Å². The number of benzene rings is 1. The Balaban J connectivity index is 1.94. The number of carbonyl (C=O) groups is 1. The van der Waals surface area contributed by atoms with Gasteiger partial charge in [0.05, 0.1) is 19.3 Å². The Morgan fingerprint density at radius 3 is 2.42 bits per heavy atom. The number of hydrogen-bond donors (Lipinski definition) is 1. The van der Waals surface area contributed by atoms with Gasteiger partial charge in [0, 0.05) is 12.0 Å². The van der Waals surface area contributed by atoms with E-state index in [1.165, 1.54) is 20.0 Å². The van der Waals surface area contributed by atoms with Gasteiger partial charge in [0.15, 0.2) is 0 Å². The largest absolute Gasteiger partial charge is 0.493 e. The molecule has 0 aliphatic heterocycles. The van der Waals surface area contributed by atoms with Crippen LogP contribution in [-0.4, -0.2) is 26.2 Å². The lowest BCUT2D eigenvalue weighted by Gasteiger charge is -2.27. The first-order valence-electron chi connectivity index (χ1n) is 6.70. The third-order valence-electron chi connectivity index (χ3n) is 3.92. The summed E-state index contributed by atoms with van der Waals surface area (Å²) in [5, 5.41) is 0. The van der Waals surface area contributed by atoms with Crippen molar-refractivity contribution in [1.29, 1.82) is 0 Å². The molecule has 1 aliphatic rings. The number of methoxy groups -OCH3 is 1. The Hall–Kier alpha value is -1.55. The zero-order valence-electron chi connectivity index (χ0n) is 11.4. The molecule has 0 aromatic heterocycles. The number of carbonyl (C=O) groups excluding carboxylic acids is 1. The van der Waals surface area contributed by atoms with Gasteiger partial charge in [-0.05, 0) is 37.1 Å². The van der Waals surface area contributed by atoms with Crippen LogP contribution in [0.1, 0.15) is 36.0 Å². The molecule has 0 amide bonds. The molecule has 0 spiro atoms. The number of esters is 1. The monoisotopic (exact) mass is 263 g/mol. The molecule has 0 saturated heterocycles. The molecule has 0 heterocycles. The first kappa shape index (κ1) is 13.9. The van der Waals surface area contributed by atoms with E-state index in [9.17, 15) is 4.79 Å². The first-order chi connectivity index (χ1) is 9.19. The summed E-state index contributed by atoms with van der Waals surface area (Å²) in [4.78, 5) is 11.3. The zero-order valence-corrected chi connectivity index (χ0v) is 11.4. The van der Waals surface area contributed by atoms with Gasteiger partial charge < -0.3 is 15.2 Å². The van der Waals surface area contributed by atoms with E-state index in [0.29, 0.717) is 18.7 Å². The van der Waals surface area contributed by atoms with Crippen molar-refractivity contribution in [2.24, 2.45) is 11.1 Å². The molecule has 4 nitrogen and oxygen atoms in total. The van der Waals surface area contributed by atoms with E-state index < -0.39 is 0 Å². The second-order valence-electron chi connectivity index (χ2n) is 5.22. The summed E-state index contributed by atoms with van der Waals surface area (Å²) in [6, 6.07) is 7.02. The van der Waals surface area contributed by atoms with Crippen molar-refractivity contribution in [2.45, 2.75) is 25.7 Å². The molecule has 1 aliphatic carbocycles. The predicted octanol–water partition coefficient (Wildman–Crippen LogP) is 2.37. The van der Waals surface area contributed by atoms with Crippen LogP contribution in [0.5, 0.6) is 5.75 Å². The molecule has 0 radical (unpaired) electrons. The summed E-state index contributed by atoms with van der Waals surface area (Å²) in [5.41, 5.74) is 6.55. The lowest BCUT2D eigenvalue weighted by molar-refractivity contribution is 0.0600. The van der Waals surface area contributed by atoms with Gasteiger partial charge in [0.1, 0.15) is 5.75 Å². The highest BCUT2D eigenvalue weighted by atomic mass is 16.5. The Bertz CT molecular complexity index is 422. The standard InChI is InChI=1S/C15H21NO3/c1-18-14(17)12-4-6-13(7-5-12)19-11-15(10-16)8-2-3-9-15/h4-7H,2-3,8-11,16H2,1H3. The van der Waals surface area contributed by atoms with Crippen LogP contribution in [0, 0.1) is 5.41 Å². The maximum absolute atomic E-state index is 11.3. The second kappa shape index (κ2) is 6.06. The predicted molar refractivity (Wildman–Crippen MR) is 73.2 cm³/mol. The quantitative estimate of drug-likeness (QED) is 0.828.